The van der Waals surface area contributed by atoms with Crippen LogP contribution in [-0.2, 0) is 25.6 Å². The molecule has 1 N–H and O–H groups in total. The van der Waals surface area contributed by atoms with Gasteiger partial charge in [-0.3, -0.25) is 0 Å². The number of alkyl halides is 3. The van der Waals surface area contributed by atoms with Gasteiger partial charge in [-0.2, -0.15) is 13.2 Å². The van der Waals surface area contributed by atoms with Gasteiger partial charge < -0.3 is 9.67 Å². The van der Waals surface area contributed by atoms with E-state index >= 15 is 0 Å². The monoisotopic (exact) mass is 298 g/mol. The van der Waals surface area contributed by atoms with Crippen molar-refractivity contribution < 1.29 is 18.3 Å². The molecular formula is C15H17F3N2O. The van der Waals surface area contributed by atoms with E-state index in [1.807, 2.05) is 17.7 Å². The van der Waals surface area contributed by atoms with Crippen LogP contribution in [0.3, 0.4) is 0 Å². The summed E-state index contributed by atoms with van der Waals surface area (Å²) < 4.78 is 39.8. The number of hydrogen-bond donors (Lipinski definition) is 1. The van der Waals surface area contributed by atoms with Crippen LogP contribution in [0.15, 0.2) is 36.7 Å². The number of rotatable bonds is 5. The lowest BCUT2D eigenvalue weighted by Crippen LogP contribution is -2.17. The van der Waals surface area contributed by atoms with Gasteiger partial charge in [0.2, 0.25) is 0 Å². The Morgan fingerprint density at radius 1 is 1.29 bits per heavy atom. The molecule has 6 heteroatoms. The standard InChI is InChI=1S/C15H17F3N2O/c1-2-20-7-6-19-14(20)10-13(21)9-11-4-3-5-12(8-11)15(16,17)18/h3-8,13,21H,2,9-10H2,1H3. The van der Waals surface area contributed by atoms with Crippen molar-refractivity contribution in [3.05, 3.63) is 53.6 Å². The number of imidazole rings is 1. The summed E-state index contributed by atoms with van der Waals surface area (Å²) in [7, 11) is 0. The molecule has 0 aliphatic carbocycles. The van der Waals surface area contributed by atoms with E-state index in [2.05, 4.69) is 4.98 Å². The molecule has 0 fully saturated rings. The summed E-state index contributed by atoms with van der Waals surface area (Å²) in [5.41, 5.74) is -0.228. The van der Waals surface area contributed by atoms with Crippen molar-refractivity contribution >= 4 is 0 Å². The van der Waals surface area contributed by atoms with E-state index in [4.69, 9.17) is 0 Å². The maximum absolute atomic E-state index is 12.6. The summed E-state index contributed by atoms with van der Waals surface area (Å²) in [5.74, 6) is 0.733. The Balaban J connectivity index is 2.04. The van der Waals surface area contributed by atoms with Crippen molar-refractivity contribution in [1.82, 2.24) is 9.55 Å². The zero-order valence-electron chi connectivity index (χ0n) is 11.6. The van der Waals surface area contributed by atoms with Crippen molar-refractivity contribution in [2.24, 2.45) is 0 Å². The van der Waals surface area contributed by atoms with Gasteiger partial charge >= 0.3 is 6.18 Å². The van der Waals surface area contributed by atoms with E-state index in [0.29, 0.717) is 12.0 Å². The maximum atomic E-state index is 12.6. The number of aliphatic hydroxyl groups excluding tert-OH is 1. The molecule has 3 nitrogen and oxygen atoms in total. The molecule has 2 rings (SSSR count). The van der Waals surface area contributed by atoms with E-state index in [0.717, 1.165) is 24.5 Å². The number of aliphatic hydroxyl groups is 1. The molecule has 1 heterocycles. The summed E-state index contributed by atoms with van der Waals surface area (Å²) in [6.45, 7) is 2.70. The van der Waals surface area contributed by atoms with Gasteiger partial charge in [0.1, 0.15) is 5.82 Å². The molecule has 0 aliphatic rings. The molecule has 0 bridgehead atoms. The van der Waals surface area contributed by atoms with Crippen LogP contribution < -0.4 is 0 Å². The van der Waals surface area contributed by atoms with Crippen molar-refractivity contribution in [2.75, 3.05) is 0 Å². The van der Waals surface area contributed by atoms with Crippen molar-refractivity contribution in [3.8, 4) is 0 Å². The fraction of sp³-hybridized carbons (Fsp3) is 0.400. The number of nitrogens with zero attached hydrogens (tertiary/aromatic N) is 2. The van der Waals surface area contributed by atoms with Gasteiger partial charge in [-0.25, -0.2) is 4.98 Å². The van der Waals surface area contributed by atoms with Gasteiger partial charge in [-0.05, 0) is 25.0 Å². The first-order valence-electron chi connectivity index (χ1n) is 6.74. The van der Waals surface area contributed by atoms with Gasteiger partial charge in [0.25, 0.3) is 0 Å². The predicted octanol–water partition coefficient (Wildman–Crippen LogP) is 3.07. The Bertz CT molecular complexity index is 593. The molecular weight excluding hydrogens is 281 g/mol. The highest BCUT2D eigenvalue weighted by atomic mass is 19.4. The van der Waals surface area contributed by atoms with Crippen LogP contribution in [0, 0.1) is 0 Å². The molecule has 0 aliphatic heterocycles. The topological polar surface area (TPSA) is 38.0 Å². The fourth-order valence-corrected chi connectivity index (χ4v) is 2.25. The van der Waals surface area contributed by atoms with Gasteiger partial charge in [-0.15, -0.1) is 0 Å². The summed E-state index contributed by atoms with van der Waals surface area (Å²) >= 11 is 0. The molecule has 21 heavy (non-hydrogen) atoms. The van der Waals surface area contributed by atoms with Crippen LogP contribution in [0.5, 0.6) is 0 Å². The average molecular weight is 298 g/mol. The van der Waals surface area contributed by atoms with Crippen LogP contribution in [0.1, 0.15) is 23.9 Å². The summed E-state index contributed by atoms with van der Waals surface area (Å²) in [6.07, 6.45) is -1.18. The quantitative estimate of drug-likeness (QED) is 0.921. The average Bonchev–Trinajstić information content (AvgIpc) is 2.85. The lowest BCUT2D eigenvalue weighted by atomic mass is 10.0. The molecule has 1 aromatic carbocycles. The van der Waals surface area contributed by atoms with E-state index < -0.39 is 17.8 Å². The Kier molecular flexibility index (Phi) is 4.67. The molecule has 0 saturated carbocycles. The number of aryl methyl sites for hydroxylation is 1. The lowest BCUT2D eigenvalue weighted by molar-refractivity contribution is -0.137. The highest BCUT2D eigenvalue weighted by molar-refractivity contribution is 5.26. The first kappa shape index (κ1) is 15.6. The van der Waals surface area contributed by atoms with Gasteiger partial charge in [0.05, 0.1) is 11.7 Å². The molecule has 0 amide bonds. The summed E-state index contributed by atoms with van der Waals surface area (Å²) in [5, 5.41) is 10.1. The van der Waals surface area contributed by atoms with Crippen LogP contribution in [0.4, 0.5) is 13.2 Å². The summed E-state index contributed by atoms with van der Waals surface area (Å²) in [6, 6.07) is 5.05. The minimum Gasteiger partial charge on any atom is -0.392 e. The maximum Gasteiger partial charge on any atom is 0.416 e. The summed E-state index contributed by atoms with van der Waals surface area (Å²) in [4.78, 5) is 4.15. The molecule has 1 aromatic heterocycles. The Morgan fingerprint density at radius 2 is 2.05 bits per heavy atom. The van der Waals surface area contributed by atoms with Crippen LogP contribution in [0.25, 0.3) is 0 Å². The highest BCUT2D eigenvalue weighted by Crippen LogP contribution is 2.29. The van der Waals surface area contributed by atoms with E-state index in [1.165, 1.54) is 6.07 Å². The SMILES string of the molecule is CCn1ccnc1CC(O)Cc1cccc(C(F)(F)F)c1. The lowest BCUT2D eigenvalue weighted by Gasteiger charge is -2.13. The third kappa shape index (κ3) is 4.07. The number of aromatic nitrogens is 2. The number of hydrogen-bond acceptors (Lipinski definition) is 2. The third-order valence-corrected chi connectivity index (χ3v) is 3.29. The van der Waals surface area contributed by atoms with Crippen LogP contribution >= 0.6 is 0 Å². The molecule has 1 unspecified atom stereocenters. The minimum atomic E-state index is -4.36. The van der Waals surface area contributed by atoms with E-state index in [-0.39, 0.29) is 6.42 Å². The van der Waals surface area contributed by atoms with Crippen molar-refractivity contribution in [3.63, 3.8) is 0 Å². The fourth-order valence-electron chi connectivity index (χ4n) is 2.25. The van der Waals surface area contributed by atoms with E-state index in [1.54, 1.807) is 12.3 Å². The molecule has 1 atom stereocenters. The smallest absolute Gasteiger partial charge is 0.392 e. The second-order valence-corrected chi connectivity index (χ2v) is 4.89. The first-order valence-corrected chi connectivity index (χ1v) is 6.74. The molecule has 0 saturated heterocycles. The van der Waals surface area contributed by atoms with Gasteiger partial charge in [-0.1, -0.05) is 18.2 Å². The number of halogens is 3. The third-order valence-electron chi connectivity index (χ3n) is 3.29. The Hall–Kier alpha value is -1.82. The minimum absolute atomic E-state index is 0.167. The van der Waals surface area contributed by atoms with E-state index in [9.17, 15) is 18.3 Å². The Morgan fingerprint density at radius 3 is 2.71 bits per heavy atom. The largest absolute Gasteiger partial charge is 0.416 e. The second-order valence-electron chi connectivity index (χ2n) is 4.89. The zero-order valence-corrected chi connectivity index (χ0v) is 11.6. The highest BCUT2D eigenvalue weighted by Gasteiger charge is 2.30. The molecule has 2 aromatic rings. The zero-order chi connectivity index (χ0) is 15.5. The molecule has 0 spiro atoms. The molecule has 0 radical (unpaired) electrons. The van der Waals surface area contributed by atoms with Crippen molar-refractivity contribution in [1.29, 1.82) is 0 Å². The van der Waals surface area contributed by atoms with Crippen LogP contribution in [-0.4, -0.2) is 20.8 Å². The predicted molar refractivity (Wildman–Crippen MR) is 72.8 cm³/mol. The normalized spacial score (nSPS) is 13.4. The first-order chi connectivity index (χ1) is 9.90. The van der Waals surface area contributed by atoms with Gasteiger partial charge in [0, 0.05) is 25.4 Å². The van der Waals surface area contributed by atoms with Gasteiger partial charge in [0.15, 0.2) is 0 Å². The number of benzene rings is 1. The molecule has 114 valence electrons. The Labute approximate surface area is 121 Å². The van der Waals surface area contributed by atoms with Crippen molar-refractivity contribution in [2.45, 2.75) is 38.6 Å². The second kappa shape index (κ2) is 6.30. The van der Waals surface area contributed by atoms with Crippen LogP contribution in [0.2, 0.25) is 0 Å².